The van der Waals surface area contributed by atoms with Gasteiger partial charge in [-0.15, -0.1) is 11.3 Å². The molecule has 1 aromatic heterocycles. The first kappa shape index (κ1) is 18.3. The number of carboxylic acid groups (broad SMARTS) is 1. The monoisotopic (exact) mass is 376 g/mol. The second kappa shape index (κ2) is 7.84. The first-order valence-corrected chi connectivity index (χ1v) is 9.18. The van der Waals surface area contributed by atoms with Gasteiger partial charge in [0.05, 0.1) is 19.3 Å². The number of amides is 1. The molecule has 0 saturated carbocycles. The number of aliphatic carboxylic acids is 1. The van der Waals surface area contributed by atoms with Crippen molar-refractivity contribution in [1.82, 2.24) is 9.88 Å². The Morgan fingerprint density at radius 3 is 2.73 bits per heavy atom. The highest BCUT2D eigenvalue weighted by atomic mass is 32.1. The number of morpholine rings is 1. The number of carboxylic acids is 1. The highest BCUT2D eigenvalue weighted by Gasteiger charge is 2.34. The van der Waals surface area contributed by atoms with Crippen LogP contribution in [0.4, 0.5) is 0 Å². The summed E-state index contributed by atoms with van der Waals surface area (Å²) in [6.45, 7) is 4.48. The van der Waals surface area contributed by atoms with E-state index in [2.05, 4.69) is 4.98 Å². The summed E-state index contributed by atoms with van der Waals surface area (Å²) in [6.07, 6.45) is 0.0978. The fourth-order valence-electron chi connectivity index (χ4n) is 2.65. The van der Waals surface area contributed by atoms with Gasteiger partial charge in [-0.2, -0.15) is 0 Å². The number of aromatic nitrogens is 1. The second-order valence-corrected chi connectivity index (χ2v) is 7.01. The minimum Gasteiger partial charge on any atom is -0.491 e. The maximum Gasteiger partial charge on any atom is 0.328 e. The van der Waals surface area contributed by atoms with E-state index in [-0.39, 0.29) is 30.9 Å². The number of hydrogen-bond donors (Lipinski definition) is 1. The van der Waals surface area contributed by atoms with Gasteiger partial charge >= 0.3 is 5.97 Å². The average molecular weight is 376 g/mol. The van der Waals surface area contributed by atoms with Gasteiger partial charge in [-0.3, -0.25) is 4.79 Å². The number of hydrogen-bond acceptors (Lipinski definition) is 6. The Bertz CT molecular complexity index is 787. The number of rotatable bonds is 5. The summed E-state index contributed by atoms with van der Waals surface area (Å²) in [5.41, 5.74) is 1.13. The number of thiazole rings is 1. The molecular formula is C18H20N2O5S. The summed E-state index contributed by atoms with van der Waals surface area (Å²) in [5, 5.41) is 11.6. The van der Waals surface area contributed by atoms with Gasteiger partial charge in [0.15, 0.2) is 6.04 Å². The van der Waals surface area contributed by atoms with Crippen molar-refractivity contribution in [3.63, 3.8) is 0 Å². The highest BCUT2D eigenvalue weighted by molar-refractivity contribution is 7.13. The summed E-state index contributed by atoms with van der Waals surface area (Å²) in [7, 11) is 0. The van der Waals surface area contributed by atoms with Crippen molar-refractivity contribution in [1.29, 1.82) is 0 Å². The molecule has 1 saturated heterocycles. The standard InChI is InChI=1S/C18H20N2O5S/c1-11(2)25-13-5-3-12(4-6-13)16-19-14(10-26-16)17(21)20-7-8-24-9-15(20)18(22)23/h3-6,10-11,15H,7-9H2,1-2H3,(H,22,23)/t15-/m1/s1. The Morgan fingerprint density at radius 1 is 1.35 bits per heavy atom. The van der Waals surface area contributed by atoms with E-state index in [4.69, 9.17) is 9.47 Å². The highest BCUT2D eigenvalue weighted by Crippen LogP contribution is 2.27. The van der Waals surface area contributed by atoms with Crippen molar-refractivity contribution in [2.45, 2.75) is 26.0 Å². The van der Waals surface area contributed by atoms with Gasteiger partial charge in [0.1, 0.15) is 16.5 Å². The Balaban J connectivity index is 1.76. The summed E-state index contributed by atoms with van der Waals surface area (Å²) in [4.78, 5) is 29.7. The van der Waals surface area contributed by atoms with Crippen molar-refractivity contribution in [3.8, 4) is 16.3 Å². The van der Waals surface area contributed by atoms with Crippen LogP contribution < -0.4 is 4.74 Å². The molecule has 3 rings (SSSR count). The Labute approximate surface area is 155 Å². The molecule has 1 fully saturated rings. The number of ether oxygens (including phenoxy) is 2. The molecule has 0 bridgehead atoms. The fourth-order valence-corrected chi connectivity index (χ4v) is 3.45. The predicted molar refractivity (Wildman–Crippen MR) is 96.6 cm³/mol. The van der Waals surface area contributed by atoms with Crippen LogP contribution >= 0.6 is 11.3 Å². The van der Waals surface area contributed by atoms with E-state index < -0.39 is 12.0 Å². The van der Waals surface area contributed by atoms with E-state index in [1.54, 1.807) is 5.38 Å². The van der Waals surface area contributed by atoms with E-state index in [0.717, 1.165) is 11.3 Å². The van der Waals surface area contributed by atoms with Gasteiger partial charge in [0, 0.05) is 17.5 Å². The molecule has 2 aromatic rings. The van der Waals surface area contributed by atoms with Gasteiger partial charge in [-0.05, 0) is 38.1 Å². The predicted octanol–water partition coefficient (Wildman–Crippen LogP) is 2.52. The van der Waals surface area contributed by atoms with E-state index in [1.165, 1.54) is 16.2 Å². The zero-order valence-electron chi connectivity index (χ0n) is 14.5. The number of benzene rings is 1. The molecule has 8 heteroatoms. The van der Waals surface area contributed by atoms with Crippen LogP contribution in [0.15, 0.2) is 29.6 Å². The lowest BCUT2D eigenvalue weighted by Gasteiger charge is -2.32. The lowest BCUT2D eigenvalue weighted by molar-refractivity contribution is -0.147. The van der Waals surface area contributed by atoms with E-state index in [9.17, 15) is 14.7 Å². The molecule has 1 aliphatic heterocycles. The largest absolute Gasteiger partial charge is 0.491 e. The van der Waals surface area contributed by atoms with Crippen LogP contribution in [0.5, 0.6) is 5.75 Å². The van der Waals surface area contributed by atoms with Crippen LogP contribution in [0.1, 0.15) is 24.3 Å². The van der Waals surface area contributed by atoms with E-state index >= 15 is 0 Å². The molecule has 1 N–H and O–H groups in total. The normalized spacial score (nSPS) is 17.3. The van der Waals surface area contributed by atoms with Crippen molar-refractivity contribution < 1.29 is 24.2 Å². The van der Waals surface area contributed by atoms with Gasteiger partial charge < -0.3 is 19.5 Å². The first-order valence-electron chi connectivity index (χ1n) is 8.30. The average Bonchev–Trinajstić information content (AvgIpc) is 3.11. The quantitative estimate of drug-likeness (QED) is 0.863. The van der Waals surface area contributed by atoms with Crippen molar-refractivity contribution in [2.75, 3.05) is 19.8 Å². The summed E-state index contributed by atoms with van der Waals surface area (Å²) < 4.78 is 10.8. The minimum absolute atomic E-state index is 0.00458. The van der Waals surface area contributed by atoms with Gasteiger partial charge in [0.2, 0.25) is 0 Å². The summed E-state index contributed by atoms with van der Waals surface area (Å²) >= 11 is 1.35. The van der Waals surface area contributed by atoms with Gasteiger partial charge in [-0.1, -0.05) is 0 Å². The molecule has 1 aliphatic rings. The molecule has 0 aliphatic carbocycles. The number of nitrogens with zero attached hydrogens (tertiary/aromatic N) is 2. The molecule has 1 aromatic carbocycles. The Kier molecular flexibility index (Phi) is 5.53. The van der Waals surface area contributed by atoms with Crippen LogP contribution in [-0.4, -0.2) is 58.8 Å². The molecular weight excluding hydrogens is 356 g/mol. The molecule has 0 radical (unpaired) electrons. The molecule has 0 unspecified atom stereocenters. The van der Waals surface area contributed by atoms with Crippen LogP contribution in [0, 0.1) is 0 Å². The van der Waals surface area contributed by atoms with Crippen LogP contribution in [-0.2, 0) is 9.53 Å². The van der Waals surface area contributed by atoms with Crippen LogP contribution in [0.2, 0.25) is 0 Å². The van der Waals surface area contributed by atoms with E-state index in [0.29, 0.717) is 11.6 Å². The maximum atomic E-state index is 12.7. The SMILES string of the molecule is CC(C)Oc1ccc(-c2nc(C(=O)N3CCOC[C@@H]3C(=O)O)cs2)cc1. The van der Waals surface area contributed by atoms with Crippen LogP contribution in [0.25, 0.3) is 10.6 Å². The molecule has 26 heavy (non-hydrogen) atoms. The molecule has 2 heterocycles. The summed E-state index contributed by atoms with van der Waals surface area (Å²) in [6, 6.07) is 6.52. The topological polar surface area (TPSA) is 89.0 Å². The lowest BCUT2D eigenvalue weighted by atomic mass is 10.2. The minimum atomic E-state index is -1.07. The third-order valence-electron chi connectivity index (χ3n) is 3.87. The zero-order valence-corrected chi connectivity index (χ0v) is 15.4. The van der Waals surface area contributed by atoms with Gasteiger partial charge in [0.25, 0.3) is 5.91 Å². The first-order chi connectivity index (χ1) is 12.5. The third-order valence-corrected chi connectivity index (χ3v) is 4.76. The van der Waals surface area contributed by atoms with Crippen molar-refractivity contribution in [3.05, 3.63) is 35.3 Å². The second-order valence-electron chi connectivity index (χ2n) is 6.16. The molecule has 1 amide bonds. The molecule has 1 atom stereocenters. The zero-order chi connectivity index (χ0) is 18.7. The lowest BCUT2D eigenvalue weighted by Crippen LogP contribution is -2.52. The third kappa shape index (κ3) is 4.03. The number of carbonyl (C=O) groups is 2. The van der Waals surface area contributed by atoms with Gasteiger partial charge in [-0.25, -0.2) is 9.78 Å². The number of carbonyl (C=O) groups excluding carboxylic acids is 1. The fraction of sp³-hybridized carbons (Fsp3) is 0.389. The Morgan fingerprint density at radius 2 is 2.08 bits per heavy atom. The smallest absolute Gasteiger partial charge is 0.328 e. The van der Waals surface area contributed by atoms with E-state index in [1.807, 2.05) is 38.1 Å². The summed E-state index contributed by atoms with van der Waals surface area (Å²) in [5.74, 6) is -0.688. The maximum absolute atomic E-state index is 12.7. The van der Waals surface area contributed by atoms with Crippen molar-refractivity contribution >= 4 is 23.2 Å². The van der Waals surface area contributed by atoms with Crippen LogP contribution in [0.3, 0.4) is 0 Å². The van der Waals surface area contributed by atoms with Crippen molar-refractivity contribution in [2.24, 2.45) is 0 Å². The Hall–Kier alpha value is -2.45. The molecule has 7 nitrogen and oxygen atoms in total. The molecule has 0 spiro atoms. The molecule has 138 valence electrons.